The molecule has 0 amide bonds. The number of benzene rings is 2. The Morgan fingerprint density at radius 1 is 1.00 bits per heavy atom. The number of hydrogen-bond acceptors (Lipinski definition) is 8. The average Bonchev–Trinajstić information content (AvgIpc) is 3.71. The lowest BCUT2D eigenvalue weighted by molar-refractivity contribution is 0.197. The molecule has 2 fully saturated rings. The molecule has 1 N–H and O–H groups in total. The Kier molecular flexibility index (Phi) is 6.16. The van der Waals surface area contributed by atoms with Gasteiger partial charge in [-0.1, -0.05) is 36.3 Å². The smallest absolute Gasteiger partial charge is 0.253 e. The van der Waals surface area contributed by atoms with E-state index >= 15 is 0 Å². The van der Waals surface area contributed by atoms with Crippen LogP contribution >= 0.6 is 11.3 Å². The number of nitrogens with zero attached hydrogens (tertiary/aromatic N) is 7. The van der Waals surface area contributed by atoms with E-state index in [1.54, 1.807) is 11.3 Å². The van der Waals surface area contributed by atoms with Gasteiger partial charge in [-0.15, -0.1) is 5.10 Å². The van der Waals surface area contributed by atoms with E-state index < -0.39 is 0 Å². The SMILES string of the molecule is Cc1cc2cc([C@@H](c3nnnn3C3CCCC3)N3CCN(c4nc5ccccc5s4)CC3)c(=O)[nH]c2cc1C. The molecule has 4 heterocycles. The van der Waals surface area contributed by atoms with E-state index in [1.165, 1.54) is 28.7 Å². The third-order valence-corrected chi connectivity index (χ3v) is 9.54. The molecule has 1 saturated heterocycles. The van der Waals surface area contributed by atoms with Gasteiger partial charge in [0.05, 0.1) is 16.3 Å². The molecule has 5 aromatic rings. The number of thiazole rings is 1. The van der Waals surface area contributed by atoms with Gasteiger partial charge in [0.15, 0.2) is 11.0 Å². The zero-order valence-electron chi connectivity index (χ0n) is 22.3. The number of piperazine rings is 1. The van der Waals surface area contributed by atoms with Crippen LogP contribution in [0.5, 0.6) is 0 Å². The molecule has 39 heavy (non-hydrogen) atoms. The first-order chi connectivity index (χ1) is 19.0. The predicted molar refractivity (Wildman–Crippen MR) is 155 cm³/mol. The quantitative estimate of drug-likeness (QED) is 0.343. The highest BCUT2D eigenvalue weighted by molar-refractivity contribution is 7.22. The van der Waals surface area contributed by atoms with Crippen molar-refractivity contribution >= 4 is 37.6 Å². The minimum absolute atomic E-state index is 0.0784. The fourth-order valence-electron chi connectivity index (χ4n) is 6.15. The zero-order valence-corrected chi connectivity index (χ0v) is 23.1. The van der Waals surface area contributed by atoms with Crippen molar-refractivity contribution in [1.82, 2.24) is 35.1 Å². The number of hydrogen-bond donors (Lipinski definition) is 1. The van der Waals surface area contributed by atoms with Crippen molar-refractivity contribution in [2.45, 2.75) is 51.6 Å². The maximum absolute atomic E-state index is 13.6. The minimum Gasteiger partial charge on any atom is -0.345 e. The monoisotopic (exact) mass is 540 g/mol. The predicted octanol–water partition coefficient (Wildman–Crippen LogP) is 4.77. The van der Waals surface area contributed by atoms with Gasteiger partial charge in [0.2, 0.25) is 0 Å². The number of aromatic nitrogens is 6. The zero-order chi connectivity index (χ0) is 26.5. The molecule has 1 atom stereocenters. The van der Waals surface area contributed by atoms with E-state index in [0.717, 1.165) is 66.4 Å². The third kappa shape index (κ3) is 4.41. The summed E-state index contributed by atoms with van der Waals surface area (Å²) in [6, 6.07) is 14.5. The van der Waals surface area contributed by atoms with E-state index in [0.29, 0.717) is 5.56 Å². The van der Waals surface area contributed by atoms with E-state index in [9.17, 15) is 4.79 Å². The van der Waals surface area contributed by atoms with Crippen molar-refractivity contribution in [3.8, 4) is 0 Å². The molecule has 7 rings (SSSR count). The Balaban J connectivity index is 1.26. The molecule has 2 aromatic carbocycles. The van der Waals surface area contributed by atoms with Crippen molar-refractivity contribution in [2.24, 2.45) is 0 Å². The summed E-state index contributed by atoms with van der Waals surface area (Å²) in [5.41, 5.74) is 4.90. The molecule has 1 aliphatic heterocycles. The van der Waals surface area contributed by atoms with Crippen LogP contribution in [0.4, 0.5) is 5.13 Å². The fraction of sp³-hybridized carbons (Fsp3) is 0.414. The highest BCUT2D eigenvalue weighted by Crippen LogP contribution is 2.35. The number of fused-ring (bicyclic) bond motifs is 2. The molecule has 1 saturated carbocycles. The summed E-state index contributed by atoms with van der Waals surface area (Å²) in [6.45, 7) is 7.39. The molecule has 3 aromatic heterocycles. The molecule has 0 bridgehead atoms. The van der Waals surface area contributed by atoms with E-state index in [-0.39, 0.29) is 17.6 Å². The molecule has 200 valence electrons. The average molecular weight is 541 g/mol. The standard InChI is InChI=1S/C29H32N8OS/c1-18-15-20-17-22(28(38)30-24(20)16-19(18)2)26(27-32-33-34-37(27)21-7-3-4-8-21)35-11-13-36(14-12-35)29-31-23-9-5-6-10-25(23)39-29/h5-6,9-10,15-17,21,26H,3-4,7-8,11-14H2,1-2H3,(H,30,38)/t26-/m0/s1. The van der Waals surface area contributed by atoms with Crippen molar-refractivity contribution in [3.05, 3.63) is 75.3 Å². The van der Waals surface area contributed by atoms with Gasteiger partial charge < -0.3 is 9.88 Å². The lowest BCUT2D eigenvalue weighted by atomic mass is 10.00. The Morgan fingerprint density at radius 3 is 2.56 bits per heavy atom. The number of aromatic amines is 1. The van der Waals surface area contributed by atoms with Crippen LogP contribution in [0.15, 0.2) is 47.3 Å². The van der Waals surface area contributed by atoms with Crippen molar-refractivity contribution in [1.29, 1.82) is 0 Å². The summed E-state index contributed by atoms with van der Waals surface area (Å²) < 4.78 is 3.21. The normalized spacial score (nSPS) is 17.9. The van der Waals surface area contributed by atoms with Gasteiger partial charge >= 0.3 is 0 Å². The number of H-pyrrole nitrogens is 1. The maximum atomic E-state index is 13.6. The summed E-state index contributed by atoms with van der Waals surface area (Å²) in [5, 5.41) is 15.2. The van der Waals surface area contributed by atoms with Gasteiger partial charge in [-0.2, -0.15) is 0 Å². The number of anilines is 1. The van der Waals surface area contributed by atoms with E-state index in [4.69, 9.17) is 4.98 Å². The van der Waals surface area contributed by atoms with Crippen LogP contribution in [-0.2, 0) is 0 Å². The highest BCUT2D eigenvalue weighted by Gasteiger charge is 2.35. The van der Waals surface area contributed by atoms with Crippen LogP contribution in [0.1, 0.15) is 60.3 Å². The lowest BCUT2D eigenvalue weighted by Crippen LogP contribution is -2.49. The first-order valence-corrected chi connectivity index (χ1v) is 14.6. The minimum atomic E-state index is -0.326. The first-order valence-electron chi connectivity index (χ1n) is 13.8. The largest absolute Gasteiger partial charge is 0.345 e. The summed E-state index contributed by atoms with van der Waals surface area (Å²) in [7, 11) is 0. The first kappa shape index (κ1) is 24.4. The Labute approximate surface area is 230 Å². The molecule has 0 unspecified atom stereocenters. The summed E-state index contributed by atoms with van der Waals surface area (Å²) in [5.74, 6) is 0.768. The summed E-state index contributed by atoms with van der Waals surface area (Å²) >= 11 is 1.74. The number of tetrazole rings is 1. The fourth-order valence-corrected chi connectivity index (χ4v) is 7.17. The van der Waals surface area contributed by atoms with Crippen molar-refractivity contribution in [3.63, 3.8) is 0 Å². The Morgan fingerprint density at radius 2 is 1.77 bits per heavy atom. The van der Waals surface area contributed by atoms with Gasteiger partial charge in [-0.3, -0.25) is 9.69 Å². The highest BCUT2D eigenvalue weighted by atomic mass is 32.1. The Bertz CT molecular complexity index is 1670. The topological polar surface area (TPSA) is 95.8 Å². The van der Waals surface area contributed by atoms with Gasteiger partial charge in [-0.05, 0) is 84.0 Å². The molecule has 10 heteroatoms. The van der Waals surface area contributed by atoms with Crippen LogP contribution in [0.3, 0.4) is 0 Å². The van der Waals surface area contributed by atoms with Crippen LogP contribution in [-0.4, -0.2) is 61.3 Å². The lowest BCUT2D eigenvalue weighted by Gasteiger charge is -2.38. The number of aryl methyl sites for hydroxylation is 2. The second-order valence-electron chi connectivity index (χ2n) is 10.9. The summed E-state index contributed by atoms with van der Waals surface area (Å²) in [6.07, 6.45) is 4.51. The number of para-hydroxylation sites is 1. The third-order valence-electron chi connectivity index (χ3n) is 8.45. The van der Waals surface area contributed by atoms with Crippen LogP contribution in [0, 0.1) is 13.8 Å². The molecular formula is C29H32N8OS. The van der Waals surface area contributed by atoms with Gasteiger partial charge in [0.25, 0.3) is 5.56 Å². The molecular weight excluding hydrogens is 508 g/mol. The molecule has 9 nitrogen and oxygen atoms in total. The number of rotatable bonds is 5. The number of nitrogens with one attached hydrogen (secondary N) is 1. The number of pyridine rings is 1. The molecule has 0 spiro atoms. The second-order valence-corrected chi connectivity index (χ2v) is 11.9. The van der Waals surface area contributed by atoms with Gasteiger partial charge in [-0.25, -0.2) is 9.67 Å². The molecule has 1 aliphatic carbocycles. The van der Waals surface area contributed by atoms with Crippen LogP contribution in [0.25, 0.3) is 21.1 Å². The van der Waals surface area contributed by atoms with Crippen molar-refractivity contribution < 1.29 is 0 Å². The van der Waals surface area contributed by atoms with Gasteiger partial charge in [0, 0.05) is 37.3 Å². The van der Waals surface area contributed by atoms with E-state index in [1.807, 2.05) is 10.7 Å². The van der Waals surface area contributed by atoms with Crippen molar-refractivity contribution in [2.75, 3.05) is 31.1 Å². The second kappa shape index (κ2) is 9.84. The molecule has 0 radical (unpaired) electrons. The van der Waals surface area contributed by atoms with Gasteiger partial charge in [0.1, 0.15) is 6.04 Å². The Hall–Kier alpha value is -3.63. The van der Waals surface area contributed by atoms with Crippen LogP contribution < -0.4 is 10.5 Å². The van der Waals surface area contributed by atoms with E-state index in [2.05, 4.69) is 80.6 Å². The maximum Gasteiger partial charge on any atom is 0.253 e. The van der Waals surface area contributed by atoms with Crippen LogP contribution in [0.2, 0.25) is 0 Å². The molecule has 2 aliphatic rings. The summed E-state index contributed by atoms with van der Waals surface area (Å²) in [4.78, 5) is 26.4.